The highest BCUT2D eigenvalue weighted by Gasteiger charge is 2.23. The molecule has 0 aliphatic carbocycles. The van der Waals surface area contributed by atoms with Crippen molar-refractivity contribution in [3.8, 4) is 11.5 Å². The molecule has 0 fully saturated rings. The summed E-state index contributed by atoms with van der Waals surface area (Å²) in [4.78, 5) is 15.2. The molecule has 3 aromatic carbocycles. The second kappa shape index (κ2) is 10.5. The number of fused-ring (bicyclic) bond motifs is 1. The topological polar surface area (TPSA) is 43.7 Å². The molecule has 0 saturated carbocycles. The number of aryl methyl sites for hydroxylation is 1. The minimum Gasteiger partial charge on any atom is -0.493 e. The number of carbonyl (C=O) groups is 1. The third kappa shape index (κ3) is 4.93. The first kappa shape index (κ1) is 23.4. The van der Waals surface area contributed by atoms with Gasteiger partial charge >= 0.3 is 0 Å². The van der Waals surface area contributed by atoms with Crippen molar-refractivity contribution < 1.29 is 14.3 Å². The Labute approximate surface area is 201 Å². The lowest BCUT2D eigenvalue weighted by atomic mass is 9.88. The summed E-state index contributed by atoms with van der Waals surface area (Å²) in [5.41, 5.74) is 4.62. The minimum absolute atomic E-state index is 0.0108. The van der Waals surface area contributed by atoms with Crippen LogP contribution >= 0.6 is 0 Å². The van der Waals surface area contributed by atoms with E-state index in [1.807, 2.05) is 48.3 Å². The number of hydrogen-bond acceptors (Lipinski definition) is 3. The SMILES string of the molecule is COc1ccc(CCN(C)C(=O)CC(c2ccccc2)c2cn(C)c3ccccc23)cc1OC. The van der Waals surface area contributed by atoms with Crippen molar-refractivity contribution in [2.75, 3.05) is 27.8 Å². The van der Waals surface area contributed by atoms with Gasteiger partial charge in [0.2, 0.25) is 5.91 Å². The maximum absolute atomic E-state index is 13.4. The van der Waals surface area contributed by atoms with Crippen molar-refractivity contribution >= 4 is 16.8 Å². The molecule has 0 aliphatic rings. The quantitative estimate of drug-likeness (QED) is 0.338. The van der Waals surface area contributed by atoms with Gasteiger partial charge < -0.3 is 18.9 Å². The van der Waals surface area contributed by atoms with Crippen LogP contribution in [-0.2, 0) is 18.3 Å². The number of ether oxygens (including phenoxy) is 2. The fraction of sp³-hybridized carbons (Fsp3) is 0.276. The average Bonchev–Trinajstić information content (AvgIpc) is 3.22. The Morgan fingerprint density at radius 3 is 2.38 bits per heavy atom. The van der Waals surface area contributed by atoms with E-state index >= 15 is 0 Å². The molecule has 4 rings (SSSR count). The first-order valence-electron chi connectivity index (χ1n) is 11.6. The number of rotatable bonds is 9. The Balaban J connectivity index is 1.53. The van der Waals surface area contributed by atoms with E-state index in [-0.39, 0.29) is 11.8 Å². The number of methoxy groups -OCH3 is 2. The minimum atomic E-state index is -0.0108. The van der Waals surface area contributed by atoms with Crippen LogP contribution in [-0.4, -0.2) is 43.2 Å². The van der Waals surface area contributed by atoms with Gasteiger partial charge in [0.1, 0.15) is 0 Å². The standard InChI is InChI=1S/C29H32N2O3/c1-30(17-16-21-14-15-27(33-3)28(18-21)34-4)29(32)19-24(22-10-6-5-7-11-22)25-20-31(2)26-13-9-8-12-23(25)26/h5-15,18,20,24H,16-17,19H2,1-4H3. The molecule has 0 spiro atoms. The van der Waals surface area contributed by atoms with Gasteiger partial charge in [-0.2, -0.15) is 0 Å². The van der Waals surface area contributed by atoms with Gasteiger partial charge in [0, 0.05) is 50.1 Å². The van der Waals surface area contributed by atoms with Gasteiger partial charge in [-0.1, -0.05) is 54.6 Å². The van der Waals surface area contributed by atoms with Crippen LogP contribution in [0.25, 0.3) is 10.9 Å². The van der Waals surface area contributed by atoms with Crippen LogP contribution < -0.4 is 9.47 Å². The van der Waals surface area contributed by atoms with E-state index in [1.54, 1.807) is 14.2 Å². The molecule has 34 heavy (non-hydrogen) atoms. The van der Waals surface area contributed by atoms with Crippen LogP contribution in [0.5, 0.6) is 11.5 Å². The number of para-hydroxylation sites is 1. The van der Waals surface area contributed by atoms with Crippen LogP contribution in [0.1, 0.15) is 29.0 Å². The summed E-state index contributed by atoms with van der Waals surface area (Å²) >= 11 is 0. The number of likely N-dealkylation sites (N-methyl/N-ethyl adjacent to an activating group) is 1. The molecule has 1 heterocycles. The molecule has 0 N–H and O–H groups in total. The van der Waals surface area contributed by atoms with Gasteiger partial charge in [-0.3, -0.25) is 4.79 Å². The summed E-state index contributed by atoms with van der Waals surface area (Å²) in [6.07, 6.45) is 3.33. The normalized spacial score (nSPS) is 11.9. The molecule has 0 radical (unpaired) electrons. The summed E-state index contributed by atoms with van der Waals surface area (Å²) in [6, 6.07) is 24.6. The van der Waals surface area contributed by atoms with E-state index < -0.39 is 0 Å². The van der Waals surface area contributed by atoms with E-state index in [2.05, 4.69) is 54.2 Å². The van der Waals surface area contributed by atoms with Gasteiger partial charge in [-0.25, -0.2) is 0 Å². The van der Waals surface area contributed by atoms with Crippen molar-refractivity contribution in [3.63, 3.8) is 0 Å². The van der Waals surface area contributed by atoms with E-state index in [1.165, 1.54) is 16.5 Å². The van der Waals surface area contributed by atoms with E-state index in [0.29, 0.717) is 24.5 Å². The van der Waals surface area contributed by atoms with Gasteiger partial charge in [0.05, 0.1) is 14.2 Å². The number of nitrogens with zero attached hydrogens (tertiary/aromatic N) is 2. The Bertz CT molecular complexity index is 1260. The zero-order valence-electron chi connectivity index (χ0n) is 20.3. The summed E-state index contributed by atoms with van der Waals surface area (Å²) in [5.74, 6) is 1.52. The molecule has 1 unspecified atom stereocenters. The second-order valence-electron chi connectivity index (χ2n) is 8.63. The summed E-state index contributed by atoms with van der Waals surface area (Å²) in [5, 5.41) is 1.19. The van der Waals surface area contributed by atoms with Gasteiger partial charge in [-0.05, 0) is 41.3 Å². The largest absolute Gasteiger partial charge is 0.493 e. The lowest BCUT2D eigenvalue weighted by Crippen LogP contribution is -2.30. The third-order valence-electron chi connectivity index (χ3n) is 6.49. The fourth-order valence-electron chi connectivity index (χ4n) is 4.53. The van der Waals surface area contributed by atoms with E-state index in [9.17, 15) is 4.79 Å². The molecule has 1 atom stereocenters. The molecule has 1 amide bonds. The van der Waals surface area contributed by atoms with Crippen molar-refractivity contribution in [2.24, 2.45) is 7.05 Å². The number of carbonyl (C=O) groups excluding carboxylic acids is 1. The molecule has 0 saturated heterocycles. The van der Waals surface area contributed by atoms with E-state index in [4.69, 9.17) is 9.47 Å². The molecular weight excluding hydrogens is 424 g/mol. The molecule has 5 nitrogen and oxygen atoms in total. The molecule has 5 heteroatoms. The molecule has 176 valence electrons. The monoisotopic (exact) mass is 456 g/mol. The maximum atomic E-state index is 13.4. The van der Waals surface area contributed by atoms with E-state index in [0.717, 1.165) is 17.5 Å². The van der Waals surface area contributed by atoms with Crippen molar-refractivity contribution in [1.29, 1.82) is 0 Å². The smallest absolute Gasteiger partial charge is 0.223 e. The highest BCUT2D eigenvalue weighted by molar-refractivity contribution is 5.86. The lowest BCUT2D eigenvalue weighted by Gasteiger charge is -2.22. The molecule has 0 bridgehead atoms. The zero-order valence-corrected chi connectivity index (χ0v) is 20.3. The molecular formula is C29H32N2O3. The lowest BCUT2D eigenvalue weighted by molar-refractivity contribution is -0.130. The van der Waals surface area contributed by atoms with Crippen molar-refractivity contribution in [2.45, 2.75) is 18.8 Å². The average molecular weight is 457 g/mol. The highest BCUT2D eigenvalue weighted by Crippen LogP contribution is 2.35. The van der Waals surface area contributed by atoms with Gasteiger partial charge in [-0.15, -0.1) is 0 Å². The molecule has 4 aromatic rings. The third-order valence-corrected chi connectivity index (χ3v) is 6.49. The second-order valence-corrected chi connectivity index (χ2v) is 8.63. The Morgan fingerprint density at radius 1 is 0.941 bits per heavy atom. The predicted molar refractivity (Wildman–Crippen MR) is 137 cm³/mol. The predicted octanol–water partition coefficient (Wildman–Crippen LogP) is 5.42. The highest BCUT2D eigenvalue weighted by atomic mass is 16.5. The van der Waals surface area contributed by atoms with Crippen molar-refractivity contribution in [3.05, 3.63) is 95.7 Å². The maximum Gasteiger partial charge on any atom is 0.223 e. The molecule has 1 aromatic heterocycles. The fourth-order valence-corrected chi connectivity index (χ4v) is 4.53. The Morgan fingerprint density at radius 2 is 1.65 bits per heavy atom. The van der Waals surface area contributed by atoms with Crippen LogP contribution in [0.15, 0.2) is 79.0 Å². The number of amides is 1. The summed E-state index contributed by atoms with van der Waals surface area (Å²) < 4.78 is 12.9. The zero-order chi connectivity index (χ0) is 24.1. The molecule has 0 aliphatic heterocycles. The van der Waals surface area contributed by atoms with Gasteiger partial charge in [0.25, 0.3) is 0 Å². The first-order chi connectivity index (χ1) is 16.5. The van der Waals surface area contributed by atoms with Crippen LogP contribution in [0.2, 0.25) is 0 Å². The van der Waals surface area contributed by atoms with Crippen LogP contribution in [0.3, 0.4) is 0 Å². The first-order valence-corrected chi connectivity index (χ1v) is 11.6. The Kier molecular flexibility index (Phi) is 7.21. The summed E-state index contributed by atoms with van der Waals surface area (Å²) in [7, 11) is 7.20. The number of benzene rings is 3. The number of hydrogen-bond donors (Lipinski definition) is 0. The summed E-state index contributed by atoms with van der Waals surface area (Å²) in [6.45, 7) is 0.630. The van der Waals surface area contributed by atoms with Gasteiger partial charge in [0.15, 0.2) is 11.5 Å². The van der Waals surface area contributed by atoms with Crippen LogP contribution in [0, 0.1) is 0 Å². The van der Waals surface area contributed by atoms with Crippen molar-refractivity contribution in [1.82, 2.24) is 9.47 Å². The number of aromatic nitrogens is 1. The van der Waals surface area contributed by atoms with Crippen LogP contribution in [0.4, 0.5) is 0 Å². The Hall–Kier alpha value is -3.73.